The largest absolute Gasteiger partial charge is 0.359 e. The van der Waals surface area contributed by atoms with Crippen molar-refractivity contribution in [1.29, 1.82) is 0 Å². The van der Waals surface area contributed by atoms with E-state index in [0.717, 1.165) is 18.5 Å². The molecule has 1 heterocycles. The Labute approximate surface area is 138 Å². The fourth-order valence-corrected chi connectivity index (χ4v) is 2.80. The van der Waals surface area contributed by atoms with Gasteiger partial charge in [-0.2, -0.15) is 0 Å². The van der Waals surface area contributed by atoms with E-state index in [1.165, 1.54) is 5.56 Å². The van der Waals surface area contributed by atoms with Gasteiger partial charge in [-0.1, -0.05) is 32.9 Å². The molecule has 1 aliphatic rings. The summed E-state index contributed by atoms with van der Waals surface area (Å²) in [4.78, 5) is 25.7. The first kappa shape index (κ1) is 17.3. The lowest BCUT2D eigenvalue weighted by Gasteiger charge is -2.31. The van der Waals surface area contributed by atoms with Crippen LogP contribution in [0.4, 0.5) is 10.5 Å². The number of nitrogens with zero attached hydrogens (tertiary/aromatic N) is 1. The molecule has 0 saturated carbocycles. The fraction of sp³-hybridized carbons (Fsp3) is 0.556. The number of hydrogen-bond acceptors (Lipinski definition) is 2. The highest BCUT2D eigenvalue weighted by Crippen LogP contribution is 2.24. The molecule has 23 heavy (non-hydrogen) atoms. The van der Waals surface area contributed by atoms with Crippen LogP contribution in [0.25, 0.3) is 0 Å². The fourth-order valence-electron chi connectivity index (χ4n) is 2.80. The topological polar surface area (TPSA) is 61.4 Å². The Kier molecular flexibility index (Phi) is 5.29. The minimum atomic E-state index is -0.0936. The summed E-state index contributed by atoms with van der Waals surface area (Å²) in [6.07, 6.45) is 1.44. The van der Waals surface area contributed by atoms with E-state index in [1.807, 2.05) is 24.3 Å². The molecule has 1 aromatic rings. The van der Waals surface area contributed by atoms with Gasteiger partial charge in [-0.15, -0.1) is 0 Å². The SMILES string of the molecule is CNC(=O)C1CCN(C(=O)Nc2ccc(C(C)(C)C)cc2)CC1. The molecule has 0 aliphatic carbocycles. The Bertz CT molecular complexity index is 553. The number of hydrogen-bond donors (Lipinski definition) is 2. The van der Waals surface area contributed by atoms with Crippen molar-refractivity contribution >= 4 is 17.6 Å². The minimum absolute atomic E-state index is 0.0233. The second-order valence-corrected chi connectivity index (χ2v) is 7.13. The van der Waals surface area contributed by atoms with Crippen molar-refractivity contribution in [1.82, 2.24) is 10.2 Å². The zero-order valence-electron chi connectivity index (χ0n) is 14.5. The van der Waals surface area contributed by atoms with Gasteiger partial charge in [0.25, 0.3) is 0 Å². The summed E-state index contributed by atoms with van der Waals surface area (Å²) in [6.45, 7) is 7.72. The number of benzene rings is 1. The average molecular weight is 317 g/mol. The number of urea groups is 1. The van der Waals surface area contributed by atoms with Crippen LogP contribution >= 0.6 is 0 Å². The lowest BCUT2D eigenvalue weighted by atomic mass is 9.87. The molecule has 0 radical (unpaired) electrons. The Morgan fingerprint density at radius 2 is 1.65 bits per heavy atom. The summed E-state index contributed by atoms with van der Waals surface area (Å²) in [6, 6.07) is 7.88. The molecule has 0 bridgehead atoms. The van der Waals surface area contributed by atoms with E-state index in [1.54, 1.807) is 11.9 Å². The maximum Gasteiger partial charge on any atom is 0.321 e. The highest BCUT2D eigenvalue weighted by Gasteiger charge is 2.26. The number of carbonyl (C=O) groups excluding carboxylic acids is 2. The first-order valence-electron chi connectivity index (χ1n) is 8.19. The molecule has 5 nitrogen and oxygen atoms in total. The van der Waals surface area contributed by atoms with Crippen LogP contribution in [0.2, 0.25) is 0 Å². The number of amides is 3. The second-order valence-electron chi connectivity index (χ2n) is 7.13. The third kappa shape index (κ3) is 4.47. The number of piperidine rings is 1. The van der Waals surface area contributed by atoms with Crippen molar-refractivity contribution in [2.45, 2.75) is 39.0 Å². The van der Waals surface area contributed by atoms with E-state index >= 15 is 0 Å². The van der Waals surface area contributed by atoms with E-state index in [0.29, 0.717) is 13.1 Å². The molecule has 126 valence electrons. The molecular formula is C18H27N3O2. The molecule has 3 amide bonds. The summed E-state index contributed by atoms with van der Waals surface area (Å²) >= 11 is 0. The Morgan fingerprint density at radius 3 is 2.13 bits per heavy atom. The zero-order valence-corrected chi connectivity index (χ0v) is 14.5. The Morgan fingerprint density at radius 1 is 1.09 bits per heavy atom. The average Bonchev–Trinajstić information content (AvgIpc) is 2.54. The van der Waals surface area contributed by atoms with E-state index in [9.17, 15) is 9.59 Å². The van der Waals surface area contributed by atoms with E-state index < -0.39 is 0 Å². The van der Waals surface area contributed by atoms with Crippen LogP contribution < -0.4 is 10.6 Å². The van der Waals surface area contributed by atoms with Crippen molar-refractivity contribution in [3.8, 4) is 0 Å². The summed E-state index contributed by atoms with van der Waals surface area (Å²) in [5, 5.41) is 5.61. The highest BCUT2D eigenvalue weighted by molar-refractivity contribution is 5.89. The van der Waals surface area contributed by atoms with Crippen LogP contribution in [0.3, 0.4) is 0 Å². The third-order valence-electron chi connectivity index (χ3n) is 4.40. The quantitative estimate of drug-likeness (QED) is 0.881. The highest BCUT2D eigenvalue weighted by atomic mass is 16.2. The molecular weight excluding hydrogens is 290 g/mol. The van der Waals surface area contributed by atoms with Crippen molar-refractivity contribution in [2.75, 3.05) is 25.5 Å². The molecule has 1 saturated heterocycles. The molecule has 0 unspecified atom stereocenters. The molecule has 2 N–H and O–H groups in total. The molecule has 0 spiro atoms. The first-order chi connectivity index (χ1) is 10.8. The predicted octanol–water partition coefficient (Wildman–Crippen LogP) is 2.97. The standard InChI is InChI=1S/C18H27N3O2/c1-18(2,3)14-5-7-15(8-6-14)20-17(23)21-11-9-13(10-12-21)16(22)19-4/h5-8,13H,9-12H2,1-4H3,(H,19,22)(H,20,23). The lowest BCUT2D eigenvalue weighted by molar-refractivity contribution is -0.125. The zero-order chi connectivity index (χ0) is 17.0. The van der Waals surface area contributed by atoms with E-state index in [4.69, 9.17) is 0 Å². The van der Waals surface area contributed by atoms with Gasteiger partial charge in [-0.05, 0) is 36.0 Å². The lowest BCUT2D eigenvalue weighted by Crippen LogP contribution is -2.44. The summed E-state index contributed by atoms with van der Waals surface area (Å²) in [5.74, 6) is 0.0953. The number of carbonyl (C=O) groups is 2. The van der Waals surface area contributed by atoms with Crippen LogP contribution in [-0.4, -0.2) is 37.0 Å². The van der Waals surface area contributed by atoms with Crippen molar-refractivity contribution in [3.05, 3.63) is 29.8 Å². The maximum atomic E-state index is 12.3. The van der Waals surface area contributed by atoms with Gasteiger partial charge in [0.05, 0.1) is 0 Å². The molecule has 5 heteroatoms. The monoisotopic (exact) mass is 317 g/mol. The van der Waals surface area contributed by atoms with Crippen LogP contribution in [0, 0.1) is 5.92 Å². The van der Waals surface area contributed by atoms with Crippen molar-refractivity contribution in [3.63, 3.8) is 0 Å². The van der Waals surface area contributed by atoms with Crippen LogP contribution in [0.1, 0.15) is 39.2 Å². The van der Waals surface area contributed by atoms with Gasteiger partial charge in [-0.25, -0.2) is 4.79 Å². The summed E-state index contributed by atoms with van der Waals surface area (Å²) < 4.78 is 0. The van der Waals surface area contributed by atoms with Gasteiger partial charge in [0.15, 0.2) is 0 Å². The summed E-state index contributed by atoms with van der Waals surface area (Å²) in [7, 11) is 1.66. The Hall–Kier alpha value is -2.04. The minimum Gasteiger partial charge on any atom is -0.359 e. The second kappa shape index (κ2) is 7.02. The molecule has 1 aromatic carbocycles. The Balaban J connectivity index is 1.89. The number of rotatable bonds is 2. The van der Waals surface area contributed by atoms with Gasteiger partial charge < -0.3 is 15.5 Å². The number of likely N-dealkylation sites (tertiary alicyclic amines) is 1. The molecule has 1 fully saturated rings. The normalized spacial score (nSPS) is 16.1. The van der Waals surface area contributed by atoms with E-state index in [-0.39, 0.29) is 23.3 Å². The molecule has 0 atom stereocenters. The van der Waals surface area contributed by atoms with Gasteiger partial charge in [-0.3, -0.25) is 4.79 Å². The van der Waals surface area contributed by atoms with Gasteiger partial charge >= 0.3 is 6.03 Å². The molecule has 0 aromatic heterocycles. The smallest absolute Gasteiger partial charge is 0.321 e. The van der Waals surface area contributed by atoms with Crippen molar-refractivity contribution < 1.29 is 9.59 Å². The van der Waals surface area contributed by atoms with Crippen LogP contribution in [0.15, 0.2) is 24.3 Å². The number of nitrogens with one attached hydrogen (secondary N) is 2. The van der Waals surface area contributed by atoms with Crippen molar-refractivity contribution in [2.24, 2.45) is 5.92 Å². The predicted molar refractivity (Wildman–Crippen MR) is 92.5 cm³/mol. The first-order valence-corrected chi connectivity index (χ1v) is 8.19. The van der Waals surface area contributed by atoms with Gasteiger partial charge in [0, 0.05) is 31.7 Å². The number of anilines is 1. The third-order valence-corrected chi connectivity index (χ3v) is 4.40. The van der Waals surface area contributed by atoms with Crippen LogP contribution in [0.5, 0.6) is 0 Å². The maximum absolute atomic E-state index is 12.3. The van der Waals surface area contributed by atoms with E-state index in [2.05, 4.69) is 31.4 Å². The van der Waals surface area contributed by atoms with Gasteiger partial charge in [0.1, 0.15) is 0 Å². The molecule has 2 rings (SSSR count). The van der Waals surface area contributed by atoms with Gasteiger partial charge in [0.2, 0.25) is 5.91 Å². The van der Waals surface area contributed by atoms with Crippen LogP contribution in [-0.2, 0) is 10.2 Å². The summed E-state index contributed by atoms with van der Waals surface area (Å²) in [5.41, 5.74) is 2.14. The molecule has 1 aliphatic heterocycles.